The second kappa shape index (κ2) is 7.84. The highest BCUT2D eigenvalue weighted by atomic mass is 31.2. The third-order valence-electron chi connectivity index (χ3n) is 2.85. The fraction of sp³-hybridized carbons (Fsp3) is 0.600. The van der Waals surface area contributed by atoms with Crippen molar-refractivity contribution < 1.29 is 9.09 Å². The SMILES string of the molecule is CCCCN(C)CP(=O)(OC(C)C)c1ccccc1. The molecule has 0 saturated carbocycles. The van der Waals surface area contributed by atoms with Gasteiger partial charge in [0, 0.05) is 5.30 Å². The average molecular weight is 283 g/mol. The standard InChI is InChI=1S/C15H26NO2P/c1-5-6-12-16(4)13-19(17,18-14(2)3)15-10-8-7-9-11-15/h7-11,14H,5-6,12-13H2,1-4H3. The maximum atomic E-state index is 13.1. The normalized spacial score (nSPS) is 14.8. The Bertz CT molecular complexity index is 406. The van der Waals surface area contributed by atoms with Gasteiger partial charge in [-0.2, -0.15) is 0 Å². The summed E-state index contributed by atoms with van der Waals surface area (Å²) in [5, 5.41) is 0.812. The zero-order chi connectivity index (χ0) is 14.3. The minimum Gasteiger partial charge on any atom is -0.322 e. The van der Waals surface area contributed by atoms with Gasteiger partial charge in [-0.25, -0.2) is 0 Å². The molecule has 0 radical (unpaired) electrons. The van der Waals surface area contributed by atoms with E-state index in [1.807, 2.05) is 51.2 Å². The number of nitrogens with zero attached hydrogens (tertiary/aromatic N) is 1. The van der Waals surface area contributed by atoms with Crippen molar-refractivity contribution in [1.29, 1.82) is 0 Å². The highest BCUT2D eigenvalue weighted by Crippen LogP contribution is 2.47. The van der Waals surface area contributed by atoms with E-state index in [1.165, 1.54) is 0 Å². The summed E-state index contributed by atoms with van der Waals surface area (Å²) in [6, 6.07) is 9.56. The molecule has 0 spiro atoms. The van der Waals surface area contributed by atoms with E-state index in [4.69, 9.17) is 4.52 Å². The lowest BCUT2D eigenvalue weighted by molar-refractivity contribution is 0.236. The maximum absolute atomic E-state index is 13.1. The summed E-state index contributed by atoms with van der Waals surface area (Å²) in [5.74, 6) is 0. The Kier molecular flexibility index (Phi) is 6.78. The van der Waals surface area contributed by atoms with E-state index in [1.54, 1.807) is 0 Å². The van der Waals surface area contributed by atoms with Crippen LogP contribution in [-0.2, 0) is 9.09 Å². The molecule has 1 aromatic carbocycles. The van der Waals surface area contributed by atoms with Crippen LogP contribution in [0.1, 0.15) is 33.6 Å². The third-order valence-corrected chi connectivity index (χ3v) is 5.55. The molecule has 0 aliphatic carbocycles. The van der Waals surface area contributed by atoms with E-state index in [2.05, 4.69) is 11.8 Å². The highest BCUT2D eigenvalue weighted by Gasteiger charge is 2.28. The van der Waals surface area contributed by atoms with Crippen molar-refractivity contribution in [3.05, 3.63) is 30.3 Å². The van der Waals surface area contributed by atoms with Gasteiger partial charge in [-0.05, 0) is 46.0 Å². The molecule has 0 aliphatic rings. The summed E-state index contributed by atoms with van der Waals surface area (Å²) in [6.07, 6.45) is 2.71. The molecule has 0 N–H and O–H groups in total. The zero-order valence-electron chi connectivity index (χ0n) is 12.5. The van der Waals surface area contributed by atoms with Crippen molar-refractivity contribution >= 4 is 12.7 Å². The van der Waals surface area contributed by atoms with Gasteiger partial charge < -0.3 is 4.52 Å². The predicted molar refractivity (Wildman–Crippen MR) is 82.3 cm³/mol. The smallest absolute Gasteiger partial charge is 0.245 e. The van der Waals surface area contributed by atoms with Crippen LogP contribution in [0.4, 0.5) is 0 Å². The van der Waals surface area contributed by atoms with Gasteiger partial charge in [-0.3, -0.25) is 9.46 Å². The maximum Gasteiger partial charge on any atom is 0.245 e. The number of hydrogen-bond donors (Lipinski definition) is 0. The molecule has 3 nitrogen and oxygen atoms in total. The topological polar surface area (TPSA) is 29.5 Å². The average Bonchev–Trinajstić information content (AvgIpc) is 2.36. The molecule has 0 aliphatic heterocycles. The molecule has 1 unspecified atom stereocenters. The van der Waals surface area contributed by atoms with Crippen LogP contribution in [0.15, 0.2) is 30.3 Å². The van der Waals surface area contributed by atoms with Crippen molar-refractivity contribution in [3.63, 3.8) is 0 Å². The summed E-state index contributed by atoms with van der Waals surface area (Å²) < 4.78 is 18.9. The van der Waals surface area contributed by atoms with Gasteiger partial charge in [0.2, 0.25) is 7.37 Å². The van der Waals surface area contributed by atoms with Gasteiger partial charge in [0.05, 0.1) is 12.4 Å². The fourth-order valence-corrected chi connectivity index (χ4v) is 4.42. The number of unbranched alkanes of at least 4 members (excludes halogenated alkanes) is 1. The summed E-state index contributed by atoms with van der Waals surface area (Å²) in [4.78, 5) is 2.11. The van der Waals surface area contributed by atoms with E-state index < -0.39 is 7.37 Å². The number of benzene rings is 1. The minimum atomic E-state index is -2.80. The van der Waals surface area contributed by atoms with Gasteiger partial charge in [-0.1, -0.05) is 31.5 Å². The lowest BCUT2D eigenvalue weighted by atomic mass is 10.3. The van der Waals surface area contributed by atoms with Crippen molar-refractivity contribution in [1.82, 2.24) is 4.90 Å². The molecule has 108 valence electrons. The van der Waals surface area contributed by atoms with Gasteiger partial charge in [0.25, 0.3) is 0 Å². The second-order valence-electron chi connectivity index (χ2n) is 5.24. The van der Waals surface area contributed by atoms with E-state index in [-0.39, 0.29) is 6.10 Å². The Morgan fingerprint density at radius 2 is 1.89 bits per heavy atom. The molecule has 0 amide bonds. The lowest BCUT2D eigenvalue weighted by Gasteiger charge is -2.26. The summed E-state index contributed by atoms with van der Waals surface area (Å²) in [6.45, 7) is 6.98. The van der Waals surface area contributed by atoms with E-state index >= 15 is 0 Å². The Morgan fingerprint density at radius 1 is 1.26 bits per heavy atom. The molecule has 1 atom stereocenters. The molecule has 0 saturated heterocycles. The first-order valence-electron chi connectivity index (χ1n) is 6.99. The van der Waals surface area contributed by atoms with E-state index in [9.17, 15) is 4.57 Å². The van der Waals surface area contributed by atoms with Gasteiger partial charge in [-0.15, -0.1) is 0 Å². The van der Waals surface area contributed by atoms with Crippen molar-refractivity contribution in [2.24, 2.45) is 0 Å². The Balaban J connectivity index is 2.85. The van der Waals surface area contributed by atoms with Crippen LogP contribution in [0.25, 0.3) is 0 Å². The molecule has 19 heavy (non-hydrogen) atoms. The molecule has 0 fully saturated rings. The lowest BCUT2D eigenvalue weighted by Crippen LogP contribution is -2.26. The van der Waals surface area contributed by atoms with Crippen LogP contribution in [0.5, 0.6) is 0 Å². The molecule has 4 heteroatoms. The molecule has 0 bridgehead atoms. The molecule has 1 aromatic rings. The second-order valence-corrected chi connectivity index (χ2v) is 7.59. The predicted octanol–water partition coefficient (Wildman–Crippen LogP) is 3.70. The Hall–Kier alpha value is -0.630. The van der Waals surface area contributed by atoms with Crippen molar-refractivity contribution in [2.45, 2.75) is 39.7 Å². The van der Waals surface area contributed by atoms with Crippen molar-refractivity contribution in [3.8, 4) is 0 Å². The summed E-state index contributed by atoms with van der Waals surface area (Å²) in [7, 11) is -0.789. The molecule has 1 rings (SSSR count). The largest absolute Gasteiger partial charge is 0.322 e. The number of hydrogen-bond acceptors (Lipinski definition) is 3. The molecule has 0 aromatic heterocycles. The van der Waals surface area contributed by atoms with E-state index in [0.717, 1.165) is 24.7 Å². The van der Waals surface area contributed by atoms with Gasteiger partial charge in [0.1, 0.15) is 0 Å². The fourth-order valence-electron chi connectivity index (χ4n) is 1.99. The van der Waals surface area contributed by atoms with Crippen molar-refractivity contribution in [2.75, 3.05) is 19.9 Å². The van der Waals surface area contributed by atoms with E-state index in [0.29, 0.717) is 6.29 Å². The Labute approximate surface area is 117 Å². The van der Waals surface area contributed by atoms with Gasteiger partial charge in [0.15, 0.2) is 0 Å². The first-order chi connectivity index (χ1) is 8.98. The van der Waals surface area contributed by atoms with Gasteiger partial charge >= 0.3 is 0 Å². The first-order valence-corrected chi connectivity index (χ1v) is 8.80. The quantitative estimate of drug-likeness (QED) is 0.681. The first kappa shape index (κ1) is 16.4. The van der Waals surface area contributed by atoms with Crippen LogP contribution in [0.2, 0.25) is 0 Å². The Morgan fingerprint density at radius 3 is 2.42 bits per heavy atom. The summed E-state index contributed by atoms with van der Waals surface area (Å²) in [5.41, 5.74) is 0. The van der Waals surface area contributed by atoms with Crippen LogP contribution in [0.3, 0.4) is 0 Å². The van der Waals surface area contributed by atoms with Crippen LogP contribution in [-0.4, -0.2) is 30.9 Å². The number of rotatable bonds is 8. The van der Waals surface area contributed by atoms with Crippen LogP contribution in [0, 0.1) is 0 Å². The molecule has 0 heterocycles. The monoisotopic (exact) mass is 283 g/mol. The minimum absolute atomic E-state index is 0.0365. The molecular weight excluding hydrogens is 257 g/mol. The summed E-state index contributed by atoms with van der Waals surface area (Å²) >= 11 is 0. The van der Waals surface area contributed by atoms with Crippen LogP contribution >= 0.6 is 7.37 Å². The highest BCUT2D eigenvalue weighted by molar-refractivity contribution is 7.66. The third kappa shape index (κ3) is 5.48. The van der Waals surface area contributed by atoms with Crippen LogP contribution < -0.4 is 5.30 Å². The molecular formula is C15H26NO2P. The zero-order valence-corrected chi connectivity index (χ0v) is 13.4.